The van der Waals surface area contributed by atoms with Gasteiger partial charge in [0.1, 0.15) is 6.26 Å². The molecule has 94 valence electrons. The van der Waals surface area contributed by atoms with E-state index in [1.165, 1.54) is 0 Å². The highest BCUT2D eigenvalue weighted by Gasteiger charge is 2.13. The minimum absolute atomic E-state index is 0.0883. The lowest BCUT2D eigenvalue weighted by atomic mass is 10.2. The number of aromatic nitrogens is 2. The van der Waals surface area contributed by atoms with E-state index >= 15 is 0 Å². The summed E-state index contributed by atoms with van der Waals surface area (Å²) in [4.78, 5) is 20.5. The molecule has 6 heteroatoms. The first-order chi connectivity index (χ1) is 8.66. The molecule has 0 spiro atoms. The maximum atomic E-state index is 10.7. The normalized spacial score (nSPS) is 10.3. The second kappa shape index (κ2) is 5.31. The smallest absolute Gasteiger partial charge is 0.357 e. The van der Waals surface area contributed by atoms with Crippen LogP contribution in [0.5, 0.6) is 0 Å². The van der Waals surface area contributed by atoms with Crippen molar-refractivity contribution in [3.8, 4) is 0 Å². The first-order valence-corrected chi connectivity index (χ1v) is 5.46. The van der Waals surface area contributed by atoms with Gasteiger partial charge in [0.05, 0.1) is 0 Å². The zero-order chi connectivity index (χ0) is 13.0. The predicted octanol–water partition coefficient (Wildman–Crippen LogP) is 1.45. The first kappa shape index (κ1) is 12.1. The molecule has 0 fully saturated rings. The third-order valence-electron chi connectivity index (χ3n) is 2.47. The molecule has 2 aromatic rings. The molecule has 0 radical (unpaired) electrons. The fraction of sp³-hybridized carbons (Fsp3) is 0.250. The number of pyridine rings is 1. The van der Waals surface area contributed by atoms with Crippen LogP contribution in [0.25, 0.3) is 0 Å². The highest BCUT2D eigenvalue weighted by atomic mass is 16.4. The average molecular weight is 247 g/mol. The lowest BCUT2D eigenvalue weighted by Crippen LogP contribution is -2.21. The second-order valence-corrected chi connectivity index (χ2v) is 3.81. The van der Waals surface area contributed by atoms with E-state index in [0.717, 1.165) is 18.4 Å². The summed E-state index contributed by atoms with van der Waals surface area (Å²) >= 11 is 0. The van der Waals surface area contributed by atoms with Crippen LogP contribution < -0.4 is 4.90 Å². The van der Waals surface area contributed by atoms with E-state index in [9.17, 15) is 4.79 Å². The standard InChI is InChI=1S/C12H13N3O3/c1-15(7-5-9-4-2-3-6-13-9)12-14-10(8-18-12)11(16)17/h2-4,6,8H,5,7H2,1H3,(H,16,17). The molecule has 0 amide bonds. The summed E-state index contributed by atoms with van der Waals surface area (Å²) in [6, 6.07) is 6.02. The third-order valence-corrected chi connectivity index (χ3v) is 2.47. The zero-order valence-electron chi connectivity index (χ0n) is 9.91. The van der Waals surface area contributed by atoms with E-state index in [1.807, 2.05) is 18.2 Å². The van der Waals surface area contributed by atoms with Crippen molar-refractivity contribution in [3.63, 3.8) is 0 Å². The van der Waals surface area contributed by atoms with Gasteiger partial charge in [-0.25, -0.2) is 4.79 Å². The van der Waals surface area contributed by atoms with E-state index in [0.29, 0.717) is 12.6 Å². The van der Waals surface area contributed by atoms with Gasteiger partial charge in [-0.05, 0) is 12.1 Å². The molecule has 0 aliphatic carbocycles. The van der Waals surface area contributed by atoms with Crippen LogP contribution in [0.4, 0.5) is 6.01 Å². The Morgan fingerprint density at radius 3 is 2.94 bits per heavy atom. The van der Waals surface area contributed by atoms with E-state index in [4.69, 9.17) is 9.52 Å². The third kappa shape index (κ3) is 2.85. The lowest BCUT2D eigenvalue weighted by molar-refractivity contribution is 0.0690. The van der Waals surface area contributed by atoms with Crippen LogP contribution in [0.1, 0.15) is 16.2 Å². The summed E-state index contributed by atoms with van der Waals surface area (Å²) in [5, 5.41) is 8.74. The molecule has 6 nitrogen and oxygen atoms in total. The number of hydrogen-bond donors (Lipinski definition) is 1. The Bertz CT molecular complexity index is 524. The van der Waals surface area contributed by atoms with E-state index < -0.39 is 5.97 Å². The Morgan fingerprint density at radius 2 is 2.33 bits per heavy atom. The van der Waals surface area contributed by atoms with Crippen molar-refractivity contribution in [1.29, 1.82) is 0 Å². The molecule has 0 saturated carbocycles. The number of likely N-dealkylation sites (N-methyl/N-ethyl adjacent to an activating group) is 1. The maximum absolute atomic E-state index is 10.7. The number of oxazole rings is 1. The van der Waals surface area contributed by atoms with Gasteiger partial charge in [0.25, 0.3) is 6.01 Å². The molecule has 0 saturated heterocycles. The molecule has 0 unspecified atom stereocenters. The first-order valence-electron chi connectivity index (χ1n) is 5.46. The van der Waals surface area contributed by atoms with Crippen LogP contribution in [0.15, 0.2) is 35.1 Å². The lowest BCUT2D eigenvalue weighted by Gasteiger charge is -2.13. The number of rotatable bonds is 5. The van der Waals surface area contributed by atoms with E-state index in [-0.39, 0.29) is 5.69 Å². The summed E-state index contributed by atoms with van der Waals surface area (Å²) in [6.07, 6.45) is 3.61. The van der Waals surface area contributed by atoms with Gasteiger partial charge in [0, 0.05) is 31.9 Å². The molecule has 0 bridgehead atoms. The zero-order valence-corrected chi connectivity index (χ0v) is 9.91. The van der Waals surface area contributed by atoms with Gasteiger partial charge >= 0.3 is 5.97 Å². The van der Waals surface area contributed by atoms with Crippen LogP contribution in [0.2, 0.25) is 0 Å². The summed E-state index contributed by atoms with van der Waals surface area (Å²) in [5.41, 5.74) is 0.879. The molecule has 2 aromatic heterocycles. The van der Waals surface area contributed by atoms with Crippen LogP contribution in [0.3, 0.4) is 0 Å². The van der Waals surface area contributed by atoms with Crippen molar-refractivity contribution in [3.05, 3.63) is 42.0 Å². The molecule has 1 N–H and O–H groups in total. The highest BCUT2D eigenvalue weighted by Crippen LogP contribution is 2.12. The molecule has 18 heavy (non-hydrogen) atoms. The van der Waals surface area contributed by atoms with Crippen molar-refractivity contribution in [1.82, 2.24) is 9.97 Å². The molecule has 0 aromatic carbocycles. The van der Waals surface area contributed by atoms with Gasteiger partial charge in [-0.2, -0.15) is 4.98 Å². The Balaban J connectivity index is 1.95. The van der Waals surface area contributed by atoms with E-state index in [2.05, 4.69) is 9.97 Å². The van der Waals surface area contributed by atoms with Gasteiger partial charge in [-0.1, -0.05) is 6.07 Å². The number of carboxylic acid groups (broad SMARTS) is 1. The Hall–Kier alpha value is -2.37. The molecule has 0 aliphatic heterocycles. The van der Waals surface area contributed by atoms with Crippen LogP contribution in [-0.2, 0) is 6.42 Å². The number of carbonyl (C=O) groups is 1. The molecule has 2 rings (SSSR count). The van der Waals surface area contributed by atoms with Gasteiger partial charge in [0.2, 0.25) is 0 Å². The van der Waals surface area contributed by atoms with Crippen molar-refractivity contribution in [2.75, 3.05) is 18.5 Å². The summed E-state index contributed by atoms with van der Waals surface area (Å²) in [7, 11) is 1.79. The van der Waals surface area contributed by atoms with E-state index in [1.54, 1.807) is 18.1 Å². The quantitative estimate of drug-likeness (QED) is 0.861. The molecule has 0 aliphatic rings. The van der Waals surface area contributed by atoms with Gasteiger partial charge in [0.15, 0.2) is 5.69 Å². The molecule has 2 heterocycles. The number of aromatic carboxylic acids is 1. The topological polar surface area (TPSA) is 79.5 Å². The number of anilines is 1. The SMILES string of the molecule is CN(CCc1ccccn1)c1nc(C(=O)O)co1. The van der Waals surface area contributed by atoms with Crippen LogP contribution in [-0.4, -0.2) is 34.6 Å². The van der Waals surface area contributed by atoms with Gasteiger partial charge in [-0.15, -0.1) is 0 Å². The average Bonchev–Trinajstić information content (AvgIpc) is 2.87. The van der Waals surface area contributed by atoms with Crippen LogP contribution in [0, 0.1) is 0 Å². The molecule has 0 atom stereocenters. The van der Waals surface area contributed by atoms with Crippen LogP contribution >= 0.6 is 0 Å². The van der Waals surface area contributed by atoms with Gasteiger partial charge in [-0.3, -0.25) is 4.98 Å². The predicted molar refractivity (Wildman–Crippen MR) is 64.7 cm³/mol. The minimum atomic E-state index is -1.09. The fourth-order valence-corrected chi connectivity index (χ4v) is 1.46. The summed E-state index contributed by atoms with van der Waals surface area (Å²) in [6.45, 7) is 0.649. The minimum Gasteiger partial charge on any atom is -0.476 e. The molecular formula is C12H13N3O3. The van der Waals surface area contributed by atoms with Crippen molar-refractivity contribution >= 4 is 12.0 Å². The second-order valence-electron chi connectivity index (χ2n) is 3.81. The largest absolute Gasteiger partial charge is 0.476 e. The van der Waals surface area contributed by atoms with Crippen molar-refractivity contribution in [2.24, 2.45) is 0 Å². The Labute approximate surface area is 104 Å². The number of nitrogens with zero attached hydrogens (tertiary/aromatic N) is 3. The fourth-order valence-electron chi connectivity index (χ4n) is 1.46. The highest BCUT2D eigenvalue weighted by molar-refractivity contribution is 5.85. The summed E-state index contributed by atoms with van der Waals surface area (Å²) < 4.78 is 5.09. The number of hydrogen-bond acceptors (Lipinski definition) is 5. The Morgan fingerprint density at radius 1 is 1.50 bits per heavy atom. The number of carboxylic acids is 1. The van der Waals surface area contributed by atoms with Crippen molar-refractivity contribution in [2.45, 2.75) is 6.42 Å². The van der Waals surface area contributed by atoms with Crippen molar-refractivity contribution < 1.29 is 14.3 Å². The summed E-state index contributed by atoms with van der Waals surface area (Å²) in [5.74, 6) is -1.09. The van der Waals surface area contributed by atoms with Gasteiger partial charge < -0.3 is 14.4 Å². The Kier molecular flexibility index (Phi) is 3.57. The molecular weight excluding hydrogens is 234 g/mol. The monoisotopic (exact) mass is 247 g/mol. The maximum Gasteiger partial charge on any atom is 0.357 e.